The van der Waals surface area contributed by atoms with Gasteiger partial charge in [-0.15, -0.1) is 0 Å². The van der Waals surface area contributed by atoms with Crippen molar-refractivity contribution in [3.8, 4) is 0 Å². The van der Waals surface area contributed by atoms with Crippen LogP contribution in [0, 0.1) is 5.92 Å². The second-order valence-electron chi connectivity index (χ2n) is 4.91. The number of hydrogen-bond donors (Lipinski definition) is 1. The number of likely N-dealkylation sites (tertiary alicyclic amines) is 1. The number of amides is 1. The second-order valence-corrected chi connectivity index (χ2v) is 4.91. The Labute approximate surface area is 108 Å². The van der Waals surface area contributed by atoms with Gasteiger partial charge in [0.15, 0.2) is 0 Å². The molecule has 0 radical (unpaired) electrons. The van der Waals surface area contributed by atoms with Crippen LogP contribution in [0.2, 0.25) is 0 Å². The molecule has 1 saturated heterocycles. The highest BCUT2D eigenvalue weighted by Crippen LogP contribution is 2.22. The van der Waals surface area contributed by atoms with E-state index in [0.29, 0.717) is 17.9 Å². The highest BCUT2D eigenvalue weighted by atomic mass is 16.2. The maximum Gasteiger partial charge on any atom is 0.274 e. The molecule has 0 unspecified atom stereocenters. The van der Waals surface area contributed by atoms with Gasteiger partial charge in [-0.1, -0.05) is 13.3 Å². The van der Waals surface area contributed by atoms with Gasteiger partial charge in [0.1, 0.15) is 5.69 Å². The van der Waals surface area contributed by atoms with E-state index in [1.165, 1.54) is 6.42 Å². The van der Waals surface area contributed by atoms with Crippen LogP contribution in [-0.4, -0.2) is 33.7 Å². The molecule has 1 aliphatic heterocycles. The SMILES string of the molecule is CCC1CCN(C(=O)c2c(N)cnn2CC)CC1. The van der Waals surface area contributed by atoms with Crippen molar-refractivity contribution in [2.45, 2.75) is 39.7 Å². The Kier molecular flexibility index (Phi) is 3.89. The monoisotopic (exact) mass is 250 g/mol. The minimum absolute atomic E-state index is 0.0291. The number of anilines is 1. The van der Waals surface area contributed by atoms with Crippen LogP contribution >= 0.6 is 0 Å². The molecule has 0 aromatic carbocycles. The zero-order valence-electron chi connectivity index (χ0n) is 11.2. The normalized spacial score (nSPS) is 17.1. The van der Waals surface area contributed by atoms with Gasteiger partial charge in [-0.25, -0.2) is 0 Å². The Morgan fingerprint density at radius 1 is 1.44 bits per heavy atom. The lowest BCUT2D eigenvalue weighted by Crippen LogP contribution is -2.39. The summed E-state index contributed by atoms with van der Waals surface area (Å²) < 4.78 is 1.68. The minimum atomic E-state index is 0.0291. The van der Waals surface area contributed by atoms with Crippen LogP contribution in [-0.2, 0) is 6.54 Å². The van der Waals surface area contributed by atoms with E-state index >= 15 is 0 Å². The molecule has 1 fully saturated rings. The fourth-order valence-corrected chi connectivity index (χ4v) is 2.57. The summed E-state index contributed by atoms with van der Waals surface area (Å²) in [6.07, 6.45) is 4.97. The molecule has 18 heavy (non-hydrogen) atoms. The van der Waals surface area contributed by atoms with E-state index in [0.717, 1.165) is 31.8 Å². The highest BCUT2D eigenvalue weighted by molar-refractivity contribution is 5.97. The molecular weight excluding hydrogens is 228 g/mol. The Bertz CT molecular complexity index is 419. The molecule has 1 aromatic rings. The van der Waals surface area contributed by atoms with Gasteiger partial charge in [-0.05, 0) is 25.7 Å². The molecule has 1 aromatic heterocycles. The molecule has 1 aliphatic rings. The Balaban J connectivity index is 2.10. The van der Waals surface area contributed by atoms with Crippen LogP contribution in [0.15, 0.2) is 6.20 Å². The molecule has 5 nitrogen and oxygen atoms in total. The third-order valence-corrected chi connectivity index (χ3v) is 3.85. The lowest BCUT2D eigenvalue weighted by atomic mass is 9.94. The lowest BCUT2D eigenvalue weighted by molar-refractivity contribution is 0.0677. The van der Waals surface area contributed by atoms with Crippen LogP contribution in [0.4, 0.5) is 5.69 Å². The van der Waals surface area contributed by atoms with Crippen molar-refractivity contribution in [2.24, 2.45) is 5.92 Å². The van der Waals surface area contributed by atoms with Gasteiger partial charge in [0.25, 0.3) is 5.91 Å². The number of nitrogens with two attached hydrogens (primary N) is 1. The van der Waals surface area contributed by atoms with Crippen molar-refractivity contribution in [3.63, 3.8) is 0 Å². The number of hydrogen-bond acceptors (Lipinski definition) is 3. The molecule has 2 rings (SSSR count). The first-order chi connectivity index (χ1) is 8.67. The molecule has 2 N–H and O–H groups in total. The zero-order chi connectivity index (χ0) is 13.1. The third-order valence-electron chi connectivity index (χ3n) is 3.85. The van der Waals surface area contributed by atoms with Crippen LogP contribution < -0.4 is 5.73 Å². The van der Waals surface area contributed by atoms with Crippen LogP contribution in [0.25, 0.3) is 0 Å². The number of carbonyl (C=O) groups excluding carboxylic acids is 1. The summed E-state index contributed by atoms with van der Waals surface area (Å²) in [5, 5.41) is 4.13. The van der Waals surface area contributed by atoms with E-state index in [2.05, 4.69) is 12.0 Å². The first-order valence-electron chi connectivity index (χ1n) is 6.77. The number of aromatic nitrogens is 2. The minimum Gasteiger partial charge on any atom is -0.396 e. The van der Waals surface area contributed by atoms with Gasteiger partial charge in [-0.3, -0.25) is 9.48 Å². The summed E-state index contributed by atoms with van der Waals surface area (Å²) in [5.41, 5.74) is 6.88. The molecule has 0 saturated carbocycles. The van der Waals surface area contributed by atoms with E-state index in [4.69, 9.17) is 5.73 Å². The predicted molar refractivity (Wildman–Crippen MR) is 71.2 cm³/mol. The Morgan fingerprint density at radius 2 is 2.11 bits per heavy atom. The molecule has 100 valence electrons. The first-order valence-corrected chi connectivity index (χ1v) is 6.77. The first kappa shape index (κ1) is 12.9. The van der Waals surface area contributed by atoms with Gasteiger partial charge in [0.05, 0.1) is 11.9 Å². The zero-order valence-corrected chi connectivity index (χ0v) is 11.2. The molecular formula is C13H22N4O. The lowest BCUT2D eigenvalue weighted by Gasteiger charge is -2.31. The summed E-state index contributed by atoms with van der Waals surface area (Å²) in [4.78, 5) is 14.3. The van der Waals surface area contributed by atoms with Crippen molar-refractivity contribution in [3.05, 3.63) is 11.9 Å². The Hall–Kier alpha value is -1.52. The topological polar surface area (TPSA) is 64.2 Å². The van der Waals surface area contributed by atoms with Gasteiger partial charge < -0.3 is 10.6 Å². The maximum absolute atomic E-state index is 12.4. The molecule has 0 atom stereocenters. The van der Waals surface area contributed by atoms with E-state index in [-0.39, 0.29) is 5.91 Å². The average molecular weight is 250 g/mol. The number of aryl methyl sites for hydroxylation is 1. The second kappa shape index (κ2) is 5.42. The summed E-state index contributed by atoms with van der Waals surface area (Å²) in [7, 11) is 0. The summed E-state index contributed by atoms with van der Waals surface area (Å²) in [6.45, 7) is 6.53. The molecule has 5 heteroatoms. The Morgan fingerprint density at radius 3 is 2.67 bits per heavy atom. The van der Waals surface area contributed by atoms with Crippen molar-refractivity contribution >= 4 is 11.6 Å². The van der Waals surface area contributed by atoms with Crippen LogP contribution in [0.5, 0.6) is 0 Å². The fraction of sp³-hybridized carbons (Fsp3) is 0.692. The van der Waals surface area contributed by atoms with Gasteiger partial charge in [-0.2, -0.15) is 5.10 Å². The van der Waals surface area contributed by atoms with E-state index < -0.39 is 0 Å². The molecule has 0 aliphatic carbocycles. The number of nitrogens with zero attached hydrogens (tertiary/aromatic N) is 3. The molecule has 1 amide bonds. The molecule has 0 spiro atoms. The van der Waals surface area contributed by atoms with E-state index in [1.807, 2.05) is 11.8 Å². The van der Waals surface area contributed by atoms with E-state index in [9.17, 15) is 4.79 Å². The summed E-state index contributed by atoms with van der Waals surface area (Å²) in [5.74, 6) is 0.795. The predicted octanol–water partition coefficient (Wildman–Crippen LogP) is 1.75. The largest absolute Gasteiger partial charge is 0.396 e. The van der Waals surface area contributed by atoms with Crippen LogP contribution in [0.1, 0.15) is 43.6 Å². The standard InChI is InChI=1S/C13H22N4O/c1-3-10-5-7-16(8-6-10)13(18)12-11(14)9-15-17(12)4-2/h9-10H,3-8,14H2,1-2H3. The van der Waals surface area contributed by atoms with Gasteiger partial charge in [0, 0.05) is 19.6 Å². The quantitative estimate of drug-likeness (QED) is 0.888. The molecule has 0 bridgehead atoms. The molecule has 2 heterocycles. The third kappa shape index (κ3) is 2.35. The highest BCUT2D eigenvalue weighted by Gasteiger charge is 2.26. The van der Waals surface area contributed by atoms with Gasteiger partial charge >= 0.3 is 0 Å². The number of rotatable bonds is 3. The number of nitrogen functional groups attached to an aromatic ring is 1. The van der Waals surface area contributed by atoms with Crippen molar-refractivity contribution in [2.75, 3.05) is 18.8 Å². The summed E-state index contributed by atoms with van der Waals surface area (Å²) in [6, 6.07) is 0. The fourth-order valence-electron chi connectivity index (χ4n) is 2.57. The van der Waals surface area contributed by atoms with Crippen molar-refractivity contribution in [1.29, 1.82) is 0 Å². The van der Waals surface area contributed by atoms with E-state index in [1.54, 1.807) is 10.9 Å². The van der Waals surface area contributed by atoms with Crippen molar-refractivity contribution in [1.82, 2.24) is 14.7 Å². The maximum atomic E-state index is 12.4. The number of piperidine rings is 1. The van der Waals surface area contributed by atoms with Gasteiger partial charge in [0.2, 0.25) is 0 Å². The smallest absolute Gasteiger partial charge is 0.274 e. The average Bonchev–Trinajstić information content (AvgIpc) is 2.79. The van der Waals surface area contributed by atoms with Crippen molar-refractivity contribution < 1.29 is 4.79 Å². The summed E-state index contributed by atoms with van der Waals surface area (Å²) >= 11 is 0. The van der Waals surface area contributed by atoms with Crippen LogP contribution in [0.3, 0.4) is 0 Å². The number of carbonyl (C=O) groups is 1.